The quantitative estimate of drug-likeness (QED) is 0.604. The number of rotatable bonds is 6. The normalized spacial score (nSPS) is 11.1. The van der Waals surface area contributed by atoms with E-state index in [9.17, 15) is 4.79 Å². The average molecular weight is 411 g/mol. The molecule has 3 N–H and O–H groups in total. The minimum Gasteiger partial charge on any atom is -0.396 e. The number of thiazole rings is 1. The SMILES string of the molecule is Cc1c(C(N)=O)cc(-c2csc(-c3cc(Cl)nc(Cl)c3)n2)n1CCCO. The van der Waals surface area contributed by atoms with Gasteiger partial charge in [-0.05, 0) is 31.5 Å². The Labute approximate surface area is 164 Å². The van der Waals surface area contributed by atoms with Crippen molar-refractivity contribution >= 4 is 40.4 Å². The molecule has 0 fully saturated rings. The van der Waals surface area contributed by atoms with Crippen LogP contribution in [0.15, 0.2) is 23.6 Å². The van der Waals surface area contributed by atoms with Gasteiger partial charge in [-0.1, -0.05) is 23.2 Å². The molecule has 26 heavy (non-hydrogen) atoms. The summed E-state index contributed by atoms with van der Waals surface area (Å²) in [5, 5.41) is 12.4. The van der Waals surface area contributed by atoms with Crippen LogP contribution in [0.25, 0.3) is 22.0 Å². The molecule has 0 unspecified atom stereocenters. The van der Waals surface area contributed by atoms with Crippen molar-refractivity contribution in [2.24, 2.45) is 5.73 Å². The molecule has 6 nitrogen and oxygen atoms in total. The highest BCUT2D eigenvalue weighted by Gasteiger charge is 2.19. The molecule has 0 radical (unpaired) electrons. The summed E-state index contributed by atoms with van der Waals surface area (Å²) in [6.07, 6.45) is 0.563. The molecule has 3 aromatic heterocycles. The zero-order valence-electron chi connectivity index (χ0n) is 13.9. The highest BCUT2D eigenvalue weighted by molar-refractivity contribution is 7.13. The Morgan fingerprint density at radius 2 is 1.96 bits per heavy atom. The first kappa shape index (κ1) is 18.8. The standard InChI is InChI=1S/C17H16Cl2N4O2S/c1-9-11(16(20)25)7-13(23(9)3-2-4-24)12-8-26-17(21-12)10-5-14(18)22-15(19)6-10/h5-8,24H,2-4H2,1H3,(H2,20,25). The van der Waals surface area contributed by atoms with Crippen LogP contribution in [0.2, 0.25) is 10.3 Å². The highest BCUT2D eigenvalue weighted by atomic mass is 35.5. The number of aliphatic hydroxyl groups is 1. The molecule has 0 aliphatic rings. The summed E-state index contributed by atoms with van der Waals surface area (Å²) in [5.41, 5.74) is 8.94. The monoisotopic (exact) mass is 410 g/mol. The Bertz CT molecular complexity index is 948. The summed E-state index contributed by atoms with van der Waals surface area (Å²) in [7, 11) is 0. The largest absolute Gasteiger partial charge is 0.396 e. The Morgan fingerprint density at radius 1 is 1.27 bits per heavy atom. The number of primary amides is 1. The zero-order chi connectivity index (χ0) is 18.8. The number of aliphatic hydroxyl groups excluding tert-OH is 1. The summed E-state index contributed by atoms with van der Waals surface area (Å²) in [6, 6.07) is 5.13. The highest BCUT2D eigenvalue weighted by Crippen LogP contribution is 2.33. The molecule has 3 rings (SSSR count). The molecule has 9 heteroatoms. The third-order valence-corrected chi connectivity index (χ3v) is 5.23. The van der Waals surface area contributed by atoms with Gasteiger partial charge in [0.1, 0.15) is 15.3 Å². The van der Waals surface area contributed by atoms with Crippen LogP contribution in [0.4, 0.5) is 0 Å². The van der Waals surface area contributed by atoms with E-state index in [2.05, 4.69) is 9.97 Å². The number of pyridine rings is 1. The van der Waals surface area contributed by atoms with Crippen molar-refractivity contribution in [3.63, 3.8) is 0 Å². The number of halogens is 2. The number of carbonyl (C=O) groups is 1. The first-order valence-electron chi connectivity index (χ1n) is 7.81. The maximum Gasteiger partial charge on any atom is 0.250 e. The lowest BCUT2D eigenvalue weighted by atomic mass is 10.2. The number of hydrogen-bond acceptors (Lipinski definition) is 5. The number of nitrogens with two attached hydrogens (primary N) is 1. The van der Waals surface area contributed by atoms with Gasteiger partial charge in [0.25, 0.3) is 5.91 Å². The molecular formula is C17H16Cl2N4O2S. The fourth-order valence-electron chi connectivity index (χ4n) is 2.74. The lowest BCUT2D eigenvalue weighted by Gasteiger charge is -2.09. The third kappa shape index (κ3) is 3.76. The van der Waals surface area contributed by atoms with Crippen LogP contribution in [0.3, 0.4) is 0 Å². The van der Waals surface area contributed by atoms with Gasteiger partial charge in [0.05, 0.1) is 17.0 Å². The topological polar surface area (TPSA) is 94.0 Å². The van der Waals surface area contributed by atoms with E-state index in [1.807, 2.05) is 16.9 Å². The summed E-state index contributed by atoms with van der Waals surface area (Å²) < 4.78 is 1.95. The van der Waals surface area contributed by atoms with Crippen molar-refractivity contribution in [1.29, 1.82) is 0 Å². The molecular weight excluding hydrogens is 395 g/mol. The summed E-state index contributed by atoms with van der Waals surface area (Å²) in [5.74, 6) is -0.491. The fourth-order valence-corrected chi connectivity index (χ4v) is 4.00. The lowest BCUT2D eigenvalue weighted by Crippen LogP contribution is -2.12. The number of carbonyl (C=O) groups excluding carboxylic acids is 1. The molecule has 1 amide bonds. The van der Waals surface area contributed by atoms with Gasteiger partial charge >= 0.3 is 0 Å². The lowest BCUT2D eigenvalue weighted by molar-refractivity contribution is 0.0999. The van der Waals surface area contributed by atoms with Crippen LogP contribution < -0.4 is 5.73 Å². The zero-order valence-corrected chi connectivity index (χ0v) is 16.2. The van der Waals surface area contributed by atoms with Gasteiger partial charge in [-0.15, -0.1) is 11.3 Å². The van der Waals surface area contributed by atoms with Crippen molar-refractivity contribution in [1.82, 2.24) is 14.5 Å². The maximum atomic E-state index is 11.7. The van der Waals surface area contributed by atoms with Crippen LogP contribution in [0, 0.1) is 6.92 Å². The maximum absolute atomic E-state index is 11.7. The van der Waals surface area contributed by atoms with E-state index in [1.165, 1.54) is 11.3 Å². The van der Waals surface area contributed by atoms with E-state index in [0.717, 1.165) is 22.0 Å². The van der Waals surface area contributed by atoms with Gasteiger partial charge in [0, 0.05) is 29.8 Å². The first-order chi connectivity index (χ1) is 12.4. The fraction of sp³-hybridized carbons (Fsp3) is 0.235. The van der Waals surface area contributed by atoms with Crippen LogP contribution in [0.5, 0.6) is 0 Å². The second-order valence-corrected chi connectivity index (χ2v) is 7.29. The molecule has 0 saturated carbocycles. The van der Waals surface area contributed by atoms with E-state index in [-0.39, 0.29) is 6.61 Å². The summed E-state index contributed by atoms with van der Waals surface area (Å²) in [6.45, 7) is 2.45. The molecule has 0 spiro atoms. The molecule has 3 heterocycles. The van der Waals surface area contributed by atoms with Gasteiger partial charge in [-0.2, -0.15) is 0 Å². The van der Waals surface area contributed by atoms with E-state index in [0.29, 0.717) is 34.5 Å². The van der Waals surface area contributed by atoms with Crippen molar-refractivity contribution in [3.8, 4) is 22.0 Å². The van der Waals surface area contributed by atoms with Crippen LogP contribution in [0.1, 0.15) is 22.5 Å². The Morgan fingerprint density at radius 3 is 2.58 bits per heavy atom. The van der Waals surface area contributed by atoms with E-state index >= 15 is 0 Å². The summed E-state index contributed by atoms with van der Waals surface area (Å²) >= 11 is 13.4. The second kappa shape index (κ2) is 7.75. The molecule has 0 saturated heterocycles. The smallest absolute Gasteiger partial charge is 0.250 e. The minimum absolute atomic E-state index is 0.0549. The molecule has 0 aliphatic carbocycles. The van der Waals surface area contributed by atoms with Crippen LogP contribution in [-0.2, 0) is 6.54 Å². The molecule has 0 aliphatic heterocycles. The Balaban J connectivity index is 2.05. The van der Waals surface area contributed by atoms with Gasteiger partial charge in [-0.3, -0.25) is 4.79 Å². The number of nitrogens with zero attached hydrogens (tertiary/aromatic N) is 3. The van der Waals surface area contributed by atoms with Crippen LogP contribution in [-0.4, -0.2) is 32.2 Å². The number of aromatic nitrogens is 3. The molecule has 0 aromatic carbocycles. The molecule has 0 atom stereocenters. The van der Waals surface area contributed by atoms with E-state index < -0.39 is 5.91 Å². The van der Waals surface area contributed by atoms with Crippen molar-refractivity contribution in [3.05, 3.63) is 45.1 Å². The molecule has 3 aromatic rings. The van der Waals surface area contributed by atoms with Gasteiger partial charge in [-0.25, -0.2) is 9.97 Å². The third-order valence-electron chi connectivity index (χ3n) is 3.95. The van der Waals surface area contributed by atoms with Crippen LogP contribution >= 0.6 is 34.5 Å². The predicted molar refractivity (Wildman–Crippen MR) is 104 cm³/mol. The van der Waals surface area contributed by atoms with Gasteiger partial charge < -0.3 is 15.4 Å². The number of hydrogen-bond donors (Lipinski definition) is 2. The second-order valence-electron chi connectivity index (χ2n) is 5.66. The molecule has 136 valence electrons. The van der Waals surface area contributed by atoms with Crippen molar-refractivity contribution in [2.45, 2.75) is 19.9 Å². The van der Waals surface area contributed by atoms with E-state index in [4.69, 9.17) is 34.0 Å². The van der Waals surface area contributed by atoms with Crippen molar-refractivity contribution < 1.29 is 9.90 Å². The Kier molecular flexibility index (Phi) is 5.62. The number of amides is 1. The molecule has 0 bridgehead atoms. The summed E-state index contributed by atoms with van der Waals surface area (Å²) in [4.78, 5) is 20.3. The first-order valence-corrected chi connectivity index (χ1v) is 9.44. The van der Waals surface area contributed by atoms with Crippen molar-refractivity contribution in [2.75, 3.05) is 6.61 Å². The average Bonchev–Trinajstić information content (AvgIpc) is 3.17. The predicted octanol–water partition coefficient (Wildman–Crippen LogP) is 3.77. The van der Waals surface area contributed by atoms with Gasteiger partial charge in [0.15, 0.2) is 0 Å². The Hall–Kier alpha value is -1.93. The minimum atomic E-state index is -0.491. The van der Waals surface area contributed by atoms with E-state index in [1.54, 1.807) is 18.2 Å². The van der Waals surface area contributed by atoms with Gasteiger partial charge in [0.2, 0.25) is 0 Å².